The quantitative estimate of drug-likeness (QED) is 0.475. The number of likely N-dealkylation sites (tertiary alicyclic amines) is 1. The number of amides is 1. The van der Waals surface area contributed by atoms with Gasteiger partial charge in [0.15, 0.2) is 0 Å². The number of benzene rings is 2. The minimum absolute atomic E-state index is 0.0115. The molecule has 3 aliphatic heterocycles. The van der Waals surface area contributed by atoms with Crippen molar-refractivity contribution in [1.29, 1.82) is 0 Å². The van der Waals surface area contributed by atoms with Gasteiger partial charge in [-0.2, -0.15) is 9.40 Å². The van der Waals surface area contributed by atoms with Crippen LogP contribution in [0.4, 0.5) is 0 Å². The molecule has 0 bridgehead atoms. The third kappa shape index (κ3) is 5.61. The van der Waals surface area contributed by atoms with Gasteiger partial charge < -0.3 is 15.2 Å². The molecule has 2 atom stereocenters. The van der Waals surface area contributed by atoms with Crippen molar-refractivity contribution < 1.29 is 23.1 Å². The van der Waals surface area contributed by atoms with Gasteiger partial charge in [-0.15, -0.1) is 0 Å². The van der Waals surface area contributed by atoms with Crippen LogP contribution < -0.4 is 10.1 Å². The third-order valence-corrected chi connectivity index (χ3v) is 10.8. The molecule has 1 aromatic heterocycles. The number of carbonyl (C=O) groups excluding carboxylic acids is 1. The number of aryl methyl sites for hydroxylation is 1. The summed E-state index contributed by atoms with van der Waals surface area (Å²) in [6.07, 6.45) is 4.55. The summed E-state index contributed by atoms with van der Waals surface area (Å²) in [5.74, 6) is -0.146. The first-order valence-electron chi connectivity index (χ1n) is 13.9. The molecule has 2 saturated heterocycles. The average Bonchev–Trinajstić information content (AvgIpc) is 3.57. The Bertz CT molecular complexity index is 1550. The first-order chi connectivity index (χ1) is 19.6. The molecule has 4 heterocycles. The molecule has 0 saturated carbocycles. The smallest absolute Gasteiger partial charge is 0.247 e. The Morgan fingerprint density at radius 1 is 1.15 bits per heavy atom. The topological polar surface area (TPSA) is 117 Å². The molecule has 2 N–H and O–H groups in total. The molecule has 1 amide bonds. The molecule has 2 aromatic carbocycles. The van der Waals surface area contributed by atoms with Gasteiger partial charge in [-0.1, -0.05) is 35.9 Å². The van der Waals surface area contributed by atoms with Crippen LogP contribution in [-0.2, 0) is 28.4 Å². The summed E-state index contributed by atoms with van der Waals surface area (Å²) in [5.41, 5.74) is 2.10. The van der Waals surface area contributed by atoms with Crippen molar-refractivity contribution in [1.82, 2.24) is 24.3 Å². The SMILES string of the molecule is Cn1cc(-c2ccc3c(c2)OCCC2(CCN(Cc4ccccc4Cl)CC2)NC(=O)[C@@H]2C[C@@H](O)CN2S3(=O)=O)cn1. The van der Waals surface area contributed by atoms with Crippen LogP contribution in [0.2, 0.25) is 5.02 Å². The van der Waals surface area contributed by atoms with Crippen LogP contribution in [0.3, 0.4) is 0 Å². The number of aromatic nitrogens is 2. The molecule has 41 heavy (non-hydrogen) atoms. The van der Waals surface area contributed by atoms with Gasteiger partial charge in [0.05, 0.1) is 18.9 Å². The molecule has 10 nitrogen and oxygen atoms in total. The maximum absolute atomic E-state index is 13.9. The number of sulfonamides is 1. The maximum atomic E-state index is 13.9. The molecule has 1 spiro atoms. The molecular weight excluding hydrogens is 566 g/mol. The second-order valence-electron chi connectivity index (χ2n) is 11.3. The third-order valence-electron chi connectivity index (χ3n) is 8.50. The Balaban J connectivity index is 1.30. The predicted molar refractivity (Wildman–Crippen MR) is 154 cm³/mol. The number of nitrogens with zero attached hydrogens (tertiary/aromatic N) is 4. The minimum atomic E-state index is -4.14. The minimum Gasteiger partial charge on any atom is -0.492 e. The lowest BCUT2D eigenvalue weighted by Gasteiger charge is -2.43. The van der Waals surface area contributed by atoms with Gasteiger partial charge in [0.1, 0.15) is 16.7 Å². The van der Waals surface area contributed by atoms with E-state index >= 15 is 0 Å². The first-order valence-corrected chi connectivity index (χ1v) is 15.7. The van der Waals surface area contributed by atoms with E-state index in [0.717, 1.165) is 39.1 Å². The fourth-order valence-corrected chi connectivity index (χ4v) is 8.09. The number of nitrogens with one attached hydrogen (secondary N) is 1. The van der Waals surface area contributed by atoms with Crippen molar-refractivity contribution in [2.75, 3.05) is 26.2 Å². The van der Waals surface area contributed by atoms with Gasteiger partial charge in [0.25, 0.3) is 0 Å². The summed E-state index contributed by atoms with van der Waals surface area (Å²) in [6, 6.07) is 11.7. The lowest BCUT2D eigenvalue weighted by atomic mass is 9.84. The standard InChI is InChI=1S/C29H34ClN5O5S/c1-33-17-22(16-31-33)20-6-7-27-26(14-20)40-13-10-29(32-28(37)25-15-23(36)19-35(25)41(27,38)39)8-11-34(12-9-29)18-21-4-2-3-5-24(21)30/h2-7,14,16-17,23,25,36H,8-13,15,18-19H2,1H3,(H,32,37)/t23-,25+/m1/s1. The largest absolute Gasteiger partial charge is 0.492 e. The van der Waals surface area contributed by atoms with Gasteiger partial charge in [-0.25, -0.2) is 8.42 Å². The van der Waals surface area contributed by atoms with Crippen molar-refractivity contribution in [2.45, 2.75) is 54.8 Å². The zero-order valence-corrected chi connectivity index (χ0v) is 24.4. The normalized spacial score (nSPS) is 24.6. The van der Waals surface area contributed by atoms with Crippen LogP contribution in [0.25, 0.3) is 11.1 Å². The monoisotopic (exact) mass is 599 g/mol. The van der Waals surface area contributed by atoms with E-state index in [0.29, 0.717) is 25.8 Å². The van der Waals surface area contributed by atoms with Crippen LogP contribution in [0.15, 0.2) is 59.8 Å². The number of piperidine rings is 1. The van der Waals surface area contributed by atoms with E-state index in [-0.39, 0.29) is 36.1 Å². The van der Waals surface area contributed by atoms with Gasteiger partial charge >= 0.3 is 0 Å². The number of halogens is 1. The maximum Gasteiger partial charge on any atom is 0.247 e. The Morgan fingerprint density at radius 3 is 2.66 bits per heavy atom. The van der Waals surface area contributed by atoms with Crippen LogP contribution in [0, 0.1) is 0 Å². The van der Waals surface area contributed by atoms with Gasteiger partial charge in [-0.3, -0.25) is 14.4 Å². The Morgan fingerprint density at radius 2 is 1.93 bits per heavy atom. The van der Waals surface area contributed by atoms with Crippen molar-refractivity contribution in [2.24, 2.45) is 7.05 Å². The summed E-state index contributed by atoms with van der Waals surface area (Å²) in [5, 5.41) is 18.7. The van der Waals surface area contributed by atoms with Crippen molar-refractivity contribution >= 4 is 27.5 Å². The fraction of sp³-hybridized carbons (Fsp3) is 0.448. The van der Waals surface area contributed by atoms with E-state index in [1.54, 1.807) is 23.0 Å². The second kappa shape index (κ2) is 11.0. The highest BCUT2D eigenvalue weighted by atomic mass is 35.5. The molecule has 3 aliphatic rings. The first kappa shape index (κ1) is 28.2. The second-order valence-corrected chi connectivity index (χ2v) is 13.5. The summed E-state index contributed by atoms with van der Waals surface area (Å²) < 4.78 is 36.9. The molecule has 6 rings (SSSR count). The summed E-state index contributed by atoms with van der Waals surface area (Å²) in [6.45, 7) is 2.27. The van der Waals surface area contributed by atoms with Crippen molar-refractivity contribution in [3.8, 4) is 16.9 Å². The molecule has 0 aliphatic carbocycles. The fourth-order valence-electron chi connectivity index (χ4n) is 6.14. The van der Waals surface area contributed by atoms with E-state index in [1.807, 2.05) is 37.5 Å². The van der Waals surface area contributed by atoms with E-state index in [4.69, 9.17) is 16.3 Å². The van der Waals surface area contributed by atoms with Gasteiger partial charge in [0, 0.05) is 68.4 Å². The molecule has 218 valence electrons. The number of aliphatic hydroxyl groups excluding tert-OH is 1. The van der Waals surface area contributed by atoms with E-state index in [9.17, 15) is 18.3 Å². The molecule has 0 radical (unpaired) electrons. The molecule has 0 unspecified atom stereocenters. The zero-order chi connectivity index (χ0) is 28.8. The van der Waals surface area contributed by atoms with Crippen LogP contribution in [-0.4, -0.2) is 82.3 Å². The van der Waals surface area contributed by atoms with Gasteiger partial charge in [0.2, 0.25) is 15.9 Å². The van der Waals surface area contributed by atoms with Crippen molar-refractivity contribution in [3.05, 3.63) is 65.4 Å². The number of rotatable bonds is 3. The van der Waals surface area contributed by atoms with Crippen LogP contribution >= 0.6 is 11.6 Å². The van der Waals surface area contributed by atoms with Crippen LogP contribution in [0.5, 0.6) is 5.75 Å². The molecule has 2 fully saturated rings. The summed E-state index contributed by atoms with van der Waals surface area (Å²) in [4.78, 5) is 16.0. The Labute approximate surface area is 244 Å². The number of fused-ring (bicyclic) bond motifs is 2. The number of hydrogen-bond donors (Lipinski definition) is 2. The van der Waals surface area contributed by atoms with E-state index in [1.165, 1.54) is 6.07 Å². The Kier molecular flexibility index (Phi) is 7.58. The molecule has 3 aromatic rings. The average molecular weight is 600 g/mol. The van der Waals surface area contributed by atoms with E-state index < -0.39 is 27.7 Å². The highest BCUT2D eigenvalue weighted by molar-refractivity contribution is 7.89. The predicted octanol–water partition coefficient (Wildman–Crippen LogP) is 2.80. The number of hydrogen-bond acceptors (Lipinski definition) is 7. The number of carbonyl (C=O) groups is 1. The van der Waals surface area contributed by atoms with Crippen molar-refractivity contribution in [3.63, 3.8) is 0 Å². The van der Waals surface area contributed by atoms with Crippen LogP contribution in [0.1, 0.15) is 31.2 Å². The summed E-state index contributed by atoms with van der Waals surface area (Å²) in [7, 11) is -2.32. The number of ether oxygens (including phenoxy) is 1. The lowest BCUT2D eigenvalue weighted by molar-refractivity contribution is -0.127. The van der Waals surface area contributed by atoms with E-state index in [2.05, 4.69) is 15.3 Å². The highest BCUT2D eigenvalue weighted by Crippen LogP contribution is 2.37. The molecule has 12 heteroatoms. The van der Waals surface area contributed by atoms with Gasteiger partial charge in [-0.05, 0) is 42.2 Å². The summed E-state index contributed by atoms with van der Waals surface area (Å²) >= 11 is 6.39. The molecular formula is C29H34ClN5O5S. The zero-order valence-electron chi connectivity index (χ0n) is 22.9. The Hall–Kier alpha value is -2.96. The number of aliphatic hydroxyl groups is 1. The highest BCUT2D eigenvalue weighted by Gasteiger charge is 2.47. The lowest BCUT2D eigenvalue weighted by Crippen LogP contribution is -2.59.